The maximum absolute atomic E-state index is 8.91. The van der Waals surface area contributed by atoms with E-state index in [1.807, 2.05) is 0 Å². The monoisotopic (exact) mass is 494 g/mol. The van der Waals surface area contributed by atoms with Crippen LogP contribution in [0, 0.1) is 0 Å². The molecule has 0 atom stereocenters. The van der Waals surface area contributed by atoms with Crippen molar-refractivity contribution in [3.8, 4) is 0 Å². The second-order valence-electron chi connectivity index (χ2n) is 4.43. The second-order valence-corrected chi connectivity index (χ2v) is 9.56. The van der Waals surface area contributed by atoms with E-state index in [9.17, 15) is 0 Å². The highest BCUT2D eigenvalue weighted by molar-refractivity contribution is 9.10. The SMILES string of the molecule is OCCSc1ccc(Sc2ccc(SCCO)c(Br)c2)cc1Br. The fourth-order valence-corrected chi connectivity index (χ4v) is 5.76. The molecule has 0 amide bonds. The molecule has 2 N–H and O–H groups in total. The Morgan fingerprint density at radius 3 is 1.52 bits per heavy atom. The molecule has 2 nitrogen and oxygen atoms in total. The third-order valence-corrected chi connectivity index (χ3v) is 7.66. The molecule has 7 heteroatoms. The molecule has 124 valence electrons. The van der Waals surface area contributed by atoms with Crippen molar-refractivity contribution in [2.45, 2.75) is 19.6 Å². The summed E-state index contributed by atoms with van der Waals surface area (Å²) in [6.45, 7) is 0.366. The average molecular weight is 496 g/mol. The van der Waals surface area contributed by atoms with Crippen molar-refractivity contribution >= 4 is 67.1 Å². The van der Waals surface area contributed by atoms with E-state index in [1.54, 1.807) is 35.3 Å². The summed E-state index contributed by atoms with van der Waals surface area (Å²) in [5.41, 5.74) is 0. The van der Waals surface area contributed by atoms with Crippen molar-refractivity contribution in [1.29, 1.82) is 0 Å². The standard InChI is InChI=1S/C16H16Br2O2S3/c17-13-9-11(1-3-15(13)21-7-5-19)23-12-2-4-16(14(18)10-12)22-8-6-20/h1-4,9-10,19-20H,5-8H2. The smallest absolute Gasteiger partial charge is 0.0525 e. The van der Waals surface area contributed by atoms with Crippen LogP contribution in [0.25, 0.3) is 0 Å². The molecule has 0 spiro atoms. The van der Waals surface area contributed by atoms with Gasteiger partial charge in [0.2, 0.25) is 0 Å². The molecule has 0 unspecified atom stereocenters. The number of rotatable bonds is 8. The summed E-state index contributed by atoms with van der Waals surface area (Å²) in [7, 11) is 0. The van der Waals surface area contributed by atoms with Gasteiger partial charge in [0.15, 0.2) is 0 Å². The molecule has 0 saturated heterocycles. The number of aliphatic hydroxyl groups excluding tert-OH is 2. The maximum Gasteiger partial charge on any atom is 0.0525 e. The molecule has 0 aliphatic rings. The van der Waals surface area contributed by atoms with E-state index >= 15 is 0 Å². The van der Waals surface area contributed by atoms with Gasteiger partial charge in [-0.1, -0.05) is 11.8 Å². The van der Waals surface area contributed by atoms with Crippen LogP contribution in [0.2, 0.25) is 0 Å². The van der Waals surface area contributed by atoms with E-state index in [0.717, 1.165) is 28.5 Å². The van der Waals surface area contributed by atoms with Gasteiger partial charge in [-0.25, -0.2) is 0 Å². The number of aliphatic hydroxyl groups is 2. The van der Waals surface area contributed by atoms with Crippen LogP contribution in [-0.4, -0.2) is 34.9 Å². The van der Waals surface area contributed by atoms with Crippen molar-refractivity contribution < 1.29 is 10.2 Å². The van der Waals surface area contributed by atoms with Crippen molar-refractivity contribution in [2.75, 3.05) is 24.7 Å². The zero-order valence-corrected chi connectivity index (χ0v) is 17.8. The van der Waals surface area contributed by atoms with Crippen LogP contribution >= 0.6 is 67.1 Å². The summed E-state index contributed by atoms with van der Waals surface area (Å²) in [6.07, 6.45) is 0. The molecule has 0 aliphatic heterocycles. The Labute approximate surface area is 166 Å². The molecule has 0 aromatic heterocycles. The number of hydrogen-bond acceptors (Lipinski definition) is 5. The van der Waals surface area contributed by atoms with Crippen LogP contribution in [0.4, 0.5) is 0 Å². The summed E-state index contributed by atoms with van der Waals surface area (Å²) in [4.78, 5) is 4.60. The van der Waals surface area contributed by atoms with Gasteiger partial charge in [-0.3, -0.25) is 0 Å². The highest BCUT2D eigenvalue weighted by atomic mass is 79.9. The fourth-order valence-electron chi connectivity index (χ4n) is 1.77. The van der Waals surface area contributed by atoms with E-state index < -0.39 is 0 Å². The maximum atomic E-state index is 8.91. The summed E-state index contributed by atoms with van der Waals surface area (Å²) >= 11 is 12.2. The van der Waals surface area contributed by atoms with E-state index in [0.29, 0.717) is 11.5 Å². The van der Waals surface area contributed by atoms with Crippen LogP contribution in [0.1, 0.15) is 0 Å². The van der Waals surface area contributed by atoms with Crippen LogP contribution < -0.4 is 0 Å². The molecule has 0 radical (unpaired) electrons. The molecule has 0 aliphatic carbocycles. The Bertz CT molecular complexity index is 598. The normalized spacial score (nSPS) is 11.0. The minimum atomic E-state index is 0.183. The van der Waals surface area contributed by atoms with Crippen LogP contribution in [0.15, 0.2) is 64.9 Å². The second kappa shape index (κ2) is 10.4. The first-order chi connectivity index (χ1) is 11.1. The topological polar surface area (TPSA) is 40.5 Å². The lowest BCUT2D eigenvalue weighted by atomic mass is 10.4. The summed E-state index contributed by atoms with van der Waals surface area (Å²) in [5.74, 6) is 1.40. The third-order valence-electron chi connectivity index (χ3n) is 2.74. The highest BCUT2D eigenvalue weighted by Crippen LogP contribution is 2.37. The lowest BCUT2D eigenvalue weighted by Gasteiger charge is -2.09. The molecule has 0 bridgehead atoms. The Kier molecular flexibility index (Phi) is 8.89. The third kappa shape index (κ3) is 6.30. The number of halogens is 2. The van der Waals surface area contributed by atoms with E-state index in [2.05, 4.69) is 68.3 Å². The molecule has 2 aromatic carbocycles. The minimum absolute atomic E-state index is 0.183. The number of hydrogen-bond donors (Lipinski definition) is 2. The molecule has 0 heterocycles. The lowest BCUT2D eigenvalue weighted by molar-refractivity contribution is 0.322. The zero-order valence-electron chi connectivity index (χ0n) is 12.2. The number of thioether (sulfide) groups is 2. The van der Waals surface area contributed by atoms with Crippen molar-refractivity contribution in [1.82, 2.24) is 0 Å². The van der Waals surface area contributed by atoms with Crippen molar-refractivity contribution in [3.05, 3.63) is 45.3 Å². The Balaban J connectivity index is 2.07. The Hall–Kier alpha value is 0.370. The van der Waals surface area contributed by atoms with Gasteiger partial charge < -0.3 is 10.2 Å². The first-order valence-electron chi connectivity index (χ1n) is 6.88. The van der Waals surface area contributed by atoms with Gasteiger partial charge in [0.1, 0.15) is 0 Å². The summed E-state index contributed by atoms with van der Waals surface area (Å²) in [5, 5.41) is 17.8. The van der Waals surface area contributed by atoms with Crippen LogP contribution in [0.3, 0.4) is 0 Å². The van der Waals surface area contributed by atoms with E-state index in [-0.39, 0.29) is 13.2 Å². The minimum Gasteiger partial charge on any atom is -0.396 e. The number of benzene rings is 2. The lowest BCUT2D eigenvalue weighted by Crippen LogP contribution is -1.87. The van der Waals surface area contributed by atoms with Crippen molar-refractivity contribution in [2.24, 2.45) is 0 Å². The Morgan fingerprint density at radius 2 is 1.17 bits per heavy atom. The fraction of sp³-hybridized carbons (Fsp3) is 0.250. The van der Waals surface area contributed by atoms with Gasteiger partial charge in [-0.2, -0.15) is 0 Å². The molecular formula is C16H16Br2O2S3. The first-order valence-corrected chi connectivity index (χ1v) is 11.3. The predicted octanol–water partition coefficient (Wildman–Crippen LogP) is 5.53. The summed E-state index contributed by atoms with van der Waals surface area (Å²) in [6, 6.07) is 12.6. The molecule has 0 saturated carbocycles. The molecule has 2 rings (SSSR count). The molecule has 23 heavy (non-hydrogen) atoms. The highest BCUT2D eigenvalue weighted by Gasteiger charge is 2.06. The van der Waals surface area contributed by atoms with E-state index in [4.69, 9.17) is 10.2 Å². The van der Waals surface area contributed by atoms with E-state index in [1.165, 1.54) is 0 Å². The van der Waals surface area contributed by atoms with Crippen LogP contribution in [-0.2, 0) is 0 Å². The average Bonchev–Trinajstić information content (AvgIpc) is 2.53. The van der Waals surface area contributed by atoms with Gasteiger partial charge in [0.05, 0.1) is 13.2 Å². The van der Waals surface area contributed by atoms with Gasteiger partial charge in [-0.05, 0) is 68.3 Å². The first kappa shape index (κ1) is 19.7. The Morgan fingerprint density at radius 1 is 0.739 bits per heavy atom. The molecule has 2 aromatic rings. The predicted molar refractivity (Wildman–Crippen MR) is 108 cm³/mol. The summed E-state index contributed by atoms with van der Waals surface area (Å²) < 4.78 is 2.10. The van der Waals surface area contributed by atoms with Gasteiger partial charge in [-0.15, -0.1) is 23.5 Å². The molecule has 0 fully saturated rings. The quantitative estimate of drug-likeness (QED) is 0.471. The van der Waals surface area contributed by atoms with Gasteiger partial charge in [0.25, 0.3) is 0 Å². The zero-order chi connectivity index (χ0) is 16.7. The van der Waals surface area contributed by atoms with Gasteiger partial charge in [0, 0.05) is 40.0 Å². The largest absolute Gasteiger partial charge is 0.396 e. The van der Waals surface area contributed by atoms with Crippen molar-refractivity contribution in [3.63, 3.8) is 0 Å². The van der Waals surface area contributed by atoms with Crippen LogP contribution in [0.5, 0.6) is 0 Å². The van der Waals surface area contributed by atoms with Gasteiger partial charge >= 0.3 is 0 Å². The molecular weight excluding hydrogens is 480 g/mol.